The standard InChI is InChI=1S/C13H12O4S/c1-16-8-17-10-2-4-12-9(6-10)7-11(18-12)3-5-13(14)15/h2-7H,8H2,1H3,(H,14,15)/b5-3+. The Morgan fingerprint density at radius 1 is 1.44 bits per heavy atom. The van der Waals surface area contributed by atoms with Crippen molar-refractivity contribution >= 4 is 33.5 Å². The number of aliphatic carboxylic acids is 1. The highest BCUT2D eigenvalue weighted by atomic mass is 32.1. The predicted molar refractivity (Wildman–Crippen MR) is 71.0 cm³/mol. The van der Waals surface area contributed by atoms with Crippen LogP contribution in [0.5, 0.6) is 5.75 Å². The van der Waals surface area contributed by atoms with Crippen LogP contribution in [0.25, 0.3) is 16.2 Å². The highest BCUT2D eigenvalue weighted by molar-refractivity contribution is 7.19. The Kier molecular flexibility index (Phi) is 3.96. The molecule has 0 saturated heterocycles. The lowest BCUT2D eigenvalue weighted by Gasteiger charge is -2.03. The molecule has 1 heterocycles. The summed E-state index contributed by atoms with van der Waals surface area (Å²) in [6, 6.07) is 7.65. The van der Waals surface area contributed by atoms with E-state index in [0.717, 1.165) is 26.8 Å². The minimum atomic E-state index is -0.948. The fourth-order valence-corrected chi connectivity index (χ4v) is 2.44. The van der Waals surface area contributed by atoms with E-state index in [1.165, 1.54) is 11.3 Å². The fraction of sp³-hybridized carbons (Fsp3) is 0.154. The quantitative estimate of drug-likeness (QED) is 0.666. The van der Waals surface area contributed by atoms with E-state index in [2.05, 4.69) is 0 Å². The van der Waals surface area contributed by atoms with Gasteiger partial charge in [-0.25, -0.2) is 4.79 Å². The Balaban J connectivity index is 2.25. The van der Waals surface area contributed by atoms with Crippen molar-refractivity contribution < 1.29 is 19.4 Å². The normalized spacial score (nSPS) is 11.2. The maximum atomic E-state index is 10.4. The van der Waals surface area contributed by atoms with Gasteiger partial charge in [0, 0.05) is 22.8 Å². The highest BCUT2D eigenvalue weighted by Gasteiger charge is 2.02. The fourth-order valence-electron chi connectivity index (χ4n) is 1.49. The topological polar surface area (TPSA) is 55.8 Å². The van der Waals surface area contributed by atoms with Gasteiger partial charge in [0.05, 0.1) is 0 Å². The molecule has 0 radical (unpaired) electrons. The third-order valence-corrected chi connectivity index (χ3v) is 3.32. The van der Waals surface area contributed by atoms with E-state index >= 15 is 0 Å². The zero-order chi connectivity index (χ0) is 13.0. The van der Waals surface area contributed by atoms with Crippen LogP contribution in [0.1, 0.15) is 4.88 Å². The molecule has 94 valence electrons. The number of hydrogen-bond acceptors (Lipinski definition) is 4. The summed E-state index contributed by atoms with van der Waals surface area (Å²) in [5, 5.41) is 9.60. The van der Waals surface area contributed by atoms with Gasteiger partial charge in [0.15, 0.2) is 6.79 Å². The number of carboxylic acids is 1. The Labute approximate surface area is 108 Å². The summed E-state index contributed by atoms with van der Waals surface area (Å²) >= 11 is 1.53. The lowest BCUT2D eigenvalue weighted by atomic mass is 10.2. The van der Waals surface area contributed by atoms with Crippen molar-refractivity contribution in [1.82, 2.24) is 0 Å². The van der Waals surface area contributed by atoms with Gasteiger partial charge in [-0.05, 0) is 35.7 Å². The van der Waals surface area contributed by atoms with Crippen LogP contribution in [0.2, 0.25) is 0 Å². The molecule has 0 spiro atoms. The largest absolute Gasteiger partial charge is 0.478 e. The molecule has 0 saturated carbocycles. The van der Waals surface area contributed by atoms with Crippen molar-refractivity contribution in [2.24, 2.45) is 0 Å². The van der Waals surface area contributed by atoms with Crippen molar-refractivity contribution in [2.75, 3.05) is 13.9 Å². The molecule has 1 aromatic carbocycles. The first-order valence-corrected chi connectivity index (χ1v) is 6.07. The summed E-state index contributed by atoms with van der Waals surface area (Å²) in [4.78, 5) is 11.3. The first-order chi connectivity index (χ1) is 8.69. The molecule has 0 bridgehead atoms. The van der Waals surface area contributed by atoms with E-state index < -0.39 is 5.97 Å². The van der Waals surface area contributed by atoms with E-state index in [1.54, 1.807) is 13.2 Å². The zero-order valence-electron chi connectivity index (χ0n) is 9.75. The summed E-state index contributed by atoms with van der Waals surface area (Å²) in [5.74, 6) is -0.215. The van der Waals surface area contributed by atoms with E-state index in [0.29, 0.717) is 0 Å². The van der Waals surface area contributed by atoms with Gasteiger partial charge in [-0.15, -0.1) is 11.3 Å². The second-order valence-corrected chi connectivity index (χ2v) is 4.69. The van der Waals surface area contributed by atoms with Gasteiger partial charge in [-0.3, -0.25) is 0 Å². The van der Waals surface area contributed by atoms with Crippen molar-refractivity contribution in [3.63, 3.8) is 0 Å². The summed E-state index contributed by atoms with van der Waals surface area (Å²) in [5.41, 5.74) is 0. The molecular formula is C13H12O4S. The van der Waals surface area contributed by atoms with Crippen LogP contribution in [0, 0.1) is 0 Å². The Morgan fingerprint density at radius 3 is 3.00 bits per heavy atom. The van der Waals surface area contributed by atoms with Crippen molar-refractivity contribution in [3.8, 4) is 5.75 Å². The molecule has 5 heteroatoms. The minimum Gasteiger partial charge on any atom is -0.478 e. The van der Waals surface area contributed by atoms with Crippen LogP contribution in [0.3, 0.4) is 0 Å². The number of fused-ring (bicyclic) bond motifs is 1. The summed E-state index contributed by atoms with van der Waals surface area (Å²) < 4.78 is 11.3. The molecule has 0 unspecified atom stereocenters. The van der Waals surface area contributed by atoms with Gasteiger partial charge in [0.1, 0.15) is 5.75 Å². The summed E-state index contributed by atoms with van der Waals surface area (Å²) in [6.45, 7) is 0.210. The van der Waals surface area contributed by atoms with Crippen LogP contribution in [-0.2, 0) is 9.53 Å². The van der Waals surface area contributed by atoms with E-state index in [4.69, 9.17) is 14.6 Å². The minimum absolute atomic E-state index is 0.210. The second-order valence-electron chi connectivity index (χ2n) is 3.57. The Bertz CT molecular complexity index is 586. The predicted octanol–water partition coefficient (Wildman–Crippen LogP) is 2.98. The first kappa shape index (κ1) is 12.6. The van der Waals surface area contributed by atoms with Crippen molar-refractivity contribution in [3.05, 3.63) is 35.2 Å². The number of thiophene rings is 1. The van der Waals surface area contributed by atoms with E-state index in [9.17, 15) is 4.79 Å². The number of benzene rings is 1. The van der Waals surface area contributed by atoms with Gasteiger partial charge >= 0.3 is 5.97 Å². The smallest absolute Gasteiger partial charge is 0.328 e. The lowest BCUT2D eigenvalue weighted by molar-refractivity contribution is -0.131. The average molecular weight is 264 g/mol. The zero-order valence-corrected chi connectivity index (χ0v) is 10.6. The third kappa shape index (κ3) is 3.09. The summed E-state index contributed by atoms with van der Waals surface area (Å²) in [7, 11) is 1.57. The number of methoxy groups -OCH3 is 1. The van der Waals surface area contributed by atoms with Crippen LogP contribution in [0.4, 0.5) is 0 Å². The number of hydrogen-bond donors (Lipinski definition) is 1. The second kappa shape index (κ2) is 5.66. The van der Waals surface area contributed by atoms with E-state index in [-0.39, 0.29) is 6.79 Å². The summed E-state index contributed by atoms with van der Waals surface area (Å²) in [6.07, 6.45) is 2.72. The molecule has 2 rings (SSSR count). The Morgan fingerprint density at radius 2 is 2.28 bits per heavy atom. The monoisotopic (exact) mass is 264 g/mol. The van der Waals surface area contributed by atoms with Crippen LogP contribution in [-0.4, -0.2) is 25.0 Å². The lowest BCUT2D eigenvalue weighted by Crippen LogP contribution is -1.98. The first-order valence-electron chi connectivity index (χ1n) is 5.25. The highest BCUT2D eigenvalue weighted by Crippen LogP contribution is 2.29. The molecule has 0 amide bonds. The van der Waals surface area contributed by atoms with Gasteiger partial charge in [0.25, 0.3) is 0 Å². The van der Waals surface area contributed by atoms with Crippen LogP contribution < -0.4 is 4.74 Å². The Hall–Kier alpha value is -1.85. The molecule has 4 nitrogen and oxygen atoms in total. The maximum absolute atomic E-state index is 10.4. The molecule has 0 fully saturated rings. The SMILES string of the molecule is COCOc1ccc2sc(/C=C/C(=O)O)cc2c1. The molecule has 1 aromatic heterocycles. The number of carbonyl (C=O) groups is 1. The molecule has 1 N–H and O–H groups in total. The molecule has 2 aromatic rings. The molecule has 18 heavy (non-hydrogen) atoms. The molecule has 0 aliphatic heterocycles. The van der Waals surface area contributed by atoms with Crippen LogP contribution >= 0.6 is 11.3 Å². The molecule has 0 aliphatic rings. The molecular weight excluding hydrogens is 252 g/mol. The molecule has 0 atom stereocenters. The van der Waals surface area contributed by atoms with Crippen molar-refractivity contribution in [2.45, 2.75) is 0 Å². The van der Waals surface area contributed by atoms with Gasteiger partial charge < -0.3 is 14.6 Å². The number of rotatable bonds is 5. The van der Waals surface area contributed by atoms with Gasteiger partial charge in [-0.1, -0.05) is 0 Å². The number of carboxylic acid groups (broad SMARTS) is 1. The maximum Gasteiger partial charge on any atom is 0.328 e. The van der Waals surface area contributed by atoms with Gasteiger partial charge in [-0.2, -0.15) is 0 Å². The molecule has 0 aliphatic carbocycles. The van der Waals surface area contributed by atoms with E-state index in [1.807, 2.05) is 24.3 Å². The average Bonchev–Trinajstić information content (AvgIpc) is 2.75. The van der Waals surface area contributed by atoms with Crippen LogP contribution in [0.15, 0.2) is 30.3 Å². The van der Waals surface area contributed by atoms with Gasteiger partial charge in [0.2, 0.25) is 0 Å². The third-order valence-electron chi connectivity index (χ3n) is 2.24. The number of ether oxygens (including phenoxy) is 2. The van der Waals surface area contributed by atoms with Crippen molar-refractivity contribution in [1.29, 1.82) is 0 Å².